The first kappa shape index (κ1) is 16.1. The maximum Gasteiger partial charge on any atom is 0.255 e. The van der Waals surface area contributed by atoms with E-state index in [2.05, 4.69) is 55.3 Å². The van der Waals surface area contributed by atoms with Crippen LogP contribution in [0.2, 0.25) is 0 Å². The van der Waals surface area contributed by atoms with Gasteiger partial charge in [-0.25, -0.2) is 4.98 Å². The summed E-state index contributed by atoms with van der Waals surface area (Å²) < 4.78 is 5.36. The van der Waals surface area contributed by atoms with Gasteiger partial charge in [-0.2, -0.15) is 0 Å². The lowest BCUT2D eigenvalue weighted by Gasteiger charge is -2.24. The van der Waals surface area contributed by atoms with E-state index in [4.69, 9.17) is 4.42 Å². The van der Waals surface area contributed by atoms with Gasteiger partial charge in [-0.15, -0.1) is 0 Å². The van der Waals surface area contributed by atoms with E-state index >= 15 is 0 Å². The predicted molar refractivity (Wildman–Crippen MR) is 88.7 cm³/mol. The lowest BCUT2D eigenvalue weighted by atomic mass is 10.0. The number of aryl methyl sites for hydroxylation is 1. The Bertz CT molecular complexity index is 510. The fourth-order valence-corrected chi connectivity index (χ4v) is 3.25. The smallest absolute Gasteiger partial charge is 0.255 e. The third kappa shape index (κ3) is 4.61. The summed E-state index contributed by atoms with van der Waals surface area (Å²) in [6.07, 6.45) is 5.52. The van der Waals surface area contributed by atoms with E-state index in [0.717, 1.165) is 24.6 Å². The van der Waals surface area contributed by atoms with Gasteiger partial charge in [-0.1, -0.05) is 56.8 Å². The van der Waals surface area contributed by atoms with Gasteiger partial charge in [-0.3, -0.25) is 0 Å². The molecular weight excluding hydrogens is 280 g/mol. The number of hydrogen-bond acceptors (Lipinski definition) is 4. The minimum absolute atomic E-state index is 0.299. The summed E-state index contributed by atoms with van der Waals surface area (Å²) in [4.78, 5) is 4.21. The molecule has 0 radical (unpaired) electrons. The lowest BCUT2D eigenvalue weighted by Crippen LogP contribution is -2.29. The van der Waals surface area contributed by atoms with Crippen molar-refractivity contribution in [3.8, 4) is 0 Å². The third-order valence-electron chi connectivity index (χ3n) is 3.53. The van der Waals surface area contributed by atoms with E-state index in [0.29, 0.717) is 11.3 Å². The minimum atomic E-state index is 0.299. The molecule has 0 aliphatic rings. The van der Waals surface area contributed by atoms with Crippen molar-refractivity contribution in [1.29, 1.82) is 0 Å². The second-order valence-corrected chi connectivity index (χ2v) is 6.48. The lowest BCUT2D eigenvalue weighted by molar-refractivity contribution is 0.449. The van der Waals surface area contributed by atoms with Crippen molar-refractivity contribution in [2.75, 3.05) is 6.54 Å². The molecule has 2 unspecified atom stereocenters. The summed E-state index contributed by atoms with van der Waals surface area (Å²) in [7, 11) is 0. The van der Waals surface area contributed by atoms with Crippen LogP contribution >= 0.6 is 11.8 Å². The van der Waals surface area contributed by atoms with Crippen molar-refractivity contribution in [1.82, 2.24) is 10.3 Å². The monoisotopic (exact) mass is 304 g/mol. The van der Waals surface area contributed by atoms with Crippen molar-refractivity contribution in [2.45, 2.75) is 50.1 Å². The summed E-state index contributed by atoms with van der Waals surface area (Å²) in [5, 5.41) is 4.73. The van der Waals surface area contributed by atoms with Crippen LogP contribution in [-0.4, -0.2) is 16.8 Å². The van der Waals surface area contributed by atoms with Gasteiger partial charge in [0.15, 0.2) is 0 Å². The molecule has 1 heterocycles. The number of benzene rings is 1. The Labute approximate surface area is 131 Å². The Kier molecular flexibility index (Phi) is 6.33. The normalized spacial score (nSPS) is 14.0. The van der Waals surface area contributed by atoms with E-state index < -0.39 is 0 Å². The second kappa shape index (κ2) is 8.25. The molecule has 1 aromatic carbocycles. The zero-order valence-corrected chi connectivity index (χ0v) is 13.8. The van der Waals surface area contributed by atoms with Crippen LogP contribution in [0.1, 0.15) is 44.4 Å². The highest BCUT2D eigenvalue weighted by Gasteiger charge is 2.21. The highest BCUT2D eigenvalue weighted by Crippen LogP contribution is 2.31. The molecule has 0 amide bonds. The van der Waals surface area contributed by atoms with Crippen molar-refractivity contribution >= 4 is 11.8 Å². The van der Waals surface area contributed by atoms with Crippen LogP contribution in [-0.2, 0) is 6.42 Å². The van der Waals surface area contributed by atoms with Crippen LogP contribution in [0, 0.1) is 0 Å². The molecule has 0 fully saturated rings. The number of rotatable bonds is 8. The molecule has 0 saturated carbocycles. The molecule has 0 bridgehead atoms. The zero-order valence-electron chi connectivity index (χ0n) is 13.0. The molecule has 0 aliphatic carbocycles. The van der Waals surface area contributed by atoms with Gasteiger partial charge in [0.2, 0.25) is 0 Å². The standard InChI is InChI=1S/C17H24N2OS/c1-4-10-18-16(13(3)21-17-19-11-12-20-17)15-8-6-14(5-2)7-9-15/h6-9,11-13,16,18H,4-5,10H2,1-3H3. The van der Waals surface area contributed by atoms with E-state index in [1.165, 1.54) is 11.1 Å². The van der Waals surface area contributed by atoms with Crippen LogP contribution in [0.25, 0.3) is 0 Å². The molecule has 2 atom stereocenters. The van der Waals surface area contributed by atoms with Crippen molar-refractivity contribution < 1.29 is 4.42 Å². The first-order valence-electron chi connectivity index (χ1n) is 7.63. The predicted octanol–water partition coefficient (Wildman–Crippen LogP) is 4.46. The van der Waals surface area contributed by atoms with Crippen LogP contribution in [0.5, 0.6) is 0 Å². The number of oxazole rings is 1. The summed E-state index contributed by atoms with van der Waals surface area (Å²) in [5.74, 6) is 0. The maximum atomic E-state index is 5.36. The fourth-order valence-electron chi connectivity index (χ4n) is 2.31. The Morgan fingerprint density at radius 1 is 1.24 bits per heavy atom. The summed E-state index contributed by atoms with van der Waals surface area (Å²) in [6.45, 7) is 7.60. The van der Waals surface area contributed by atoms with Crippen molar-refractivity contribution in [3.63, 3.8) is 0 Å². The van der Waals surface area contributed by atoms with Crippen LogP contribution < -0.4 is 5.32 Å². The van der Waals surface area contributed by atoms with Crippen molar-refractivity contribution in [2.24, 2.45) is 0 Å². The van der Waals surface area contributed by atoms with Gasteiger partial charge in [0.1, 0.15) is 6.26 Å². The minimum Gasteiger partial charge on any atom is -0.440 e. The number of thioether (sulfide) groups is 1. The quantitative estimate of drug-likeness (QED) is 0.731. The van der Waals surface area contributed by atoms with E-state index in [-0.39, 0.29) is 0 Å². The summed E-state index contributed by atoms with van der Waals surface area (Å²) in [5.41, 5.74) is 2.70. The Morgan fingerprint density at radius 3 is 2.57 bits per heavy atom. The van der Waals surface area contributed by atoms with Crippen LogP contribution in [0.3, 0.4) is 0 Å². The molecule has 0 aliphatic heterocycles. The maximum absolute atomic E-state index is 5.36. The molecule has 4 heteroatoms. The van der Waals surface area contributed by atoms with Crippen molar-refractivity contribution in [3.05, 3.63) is 47.9 Å². The Morgan fingerprint density at radius 2 is 2.00 bits per heavy atom. The van der Waals surface area contributed by atoms with Gasteiger partial charge in [0.25, 0.3) is 5.22 Å². The molecule has 2 aromatic rings. The van der Waals surface area contributed by atoms with Crippen LogP contribution in [0.15, 0.2) is 46.4 Å². The van der Waals surface area contributed by atoms with Gasteiger partial charge >= 0.3 is 0 Å². The Balaban J connectivity index is 2.11. The van der Waals surface area contributed by atoms with Gasteiger partial charge in [-0.05, 0) is 30.5 Å². The topological polar surface area (TPSA) is 38.1 Å². The molecule has 1 aromatic heterocycles. The van der Waals surface area contributed by atoms with Crippen LogP contribution in [0.4, 0.5) is 0 Å². The third-order valence-corrected chi connectivity index (χ3v) is 4.57. The summed E-state index contributed by atoms with van der Waals surface area (Å²) >= 11 is 1.67. The highest BCUT2D eigenvalue weighted by molar-refractivity contribution is 7.99. The van der Waals surface area contributed by atoms with E-state index in [1.807, 2.05) is 0 Å². The molecular formula is C17H24N2OS. The molecule has 21 heavy (non-hydrogen) atoms. The van der Waals surface area contributed by atoms with Gasteiger partial charge in [0, 0.05) is 11.3 Å². The van der Waals surface area contributed by atoms with E-state index in [9.17, 15) is 0 Å². The first-order chi connectivity index (χ1) is 10.2. The highest BCUT2D eigenvalue weighted by atomic mass is 32.2. The average Bonchev–Trinajstić information content (AvgIpc) is 3.01. The average molecular weight is 304 g/mol. The molecule has 0 spiro atoms. The molecule has 1 N–H and O–H groups in total. The number of nitrogens with zero attached hydrogens (tertiary/aromatic N) is 1. The molecule has 114 valence electrons. The zero-order chi connectivity index (χ0) is 15.1. The van der Waals surface area contributed by atoms with Gasteiger partial charge in [0.05, 0.1) is 6.20 Å². The Hall–Kier alpha value is -1.26. The van der Waals surface area contributed by atoms with E-state index in [1.54, 1.807) is 24.2 Å². The molecule has 3 nitrogen and oxygen atoms in total. The SMILES string of the molecule is CCCNC(c1ccc(CC)cc1)C(C)Sc1ncco1. The summed E-state index contributed by atoms with van der Waals surface area (Å²) in [6, 6.07) is 9.21. The number of nitrogens with one attached hydrogen (secondary N) is 1. The number of hydrogen-bond donors (Lipinski definition) is 1. The molecule has 2 rings (SSSR count). The number of aromatic nitrogens is 1. The fraction of sp³-hybridized carbons (Fsp3) is 0.471. The molecule has 0 saturated heterocycles. The second-order valence-electron chi connectivity index (χ2n) is 5.15. The largest absolute Gasteiger partial charge is 0.440 e. The van der Waals surface area contributed by atoms with Gasteiger partial charge < -0.3 is 9.73 Å². The first-order valence-corrected chi connectivity index (χ1v) is 8.51.